The molecule has 0 aliphatic heterocycles. The van der Waals surface area contributed by atoms with E-state index in [2.05, 4.69) is 12.1 Å². The van der Waals surface area contributed by atoms with Crippen LogP contribution >= 0.6 is 0 Å². The zero-order valence-electron chi connectivity index (χ0n) is 13.1. The first-order chi connectivity index (χ1) is 10.6. The molecule has 0 saturated carbocycles. The first-order valence-corrected chi connectivity index (χ1v) is 7.69. The van der Waals surface area contributed by atoms with Crippen molar-refractivity contribution in [1.29, 1.82) is 0 Å². The second kappa shape index (κ2) is 6.22. The number of aryl methyl sites for hydroxylation is 2. The van der Waals surface area contributed by atoms with Crippen LogP contribution in [0.3, 0.4) is 0 Å². The molecule has 0 atom stereocenters. The van der Waals surface area contributed by atoms with Crippen molar-refractivity contribution in [3.05, 3.63) is 64.7 Å². The number of amides is 1. The molecule has 1 amide bonds. The first kappa shape index (κ1) is 14.6. The average Bonchev–Trinajstić information content (AvgIpc) is 3.00. The van der Waals surface area contributed by atoms with Crippen molar-refractivity contribution in [1.82, 2.24) is 4.90 Å². The Kier molecular flexibility index (Phi) is 4.14. The highest BCUT2D eigenvalue weighted by Gasteiger charge is 2.11. The van der Waals surface area contributed by atoms with Crippen LogP contribution in [0, 0.1) is 0 Å². The van der Waals surface area contributed by atoms with E-state index < -0.39 is 0 Å². The van der Waals surface area contributed by atoms with E-state index in [-0.39, 0.29) is 5.91 Å². The Morgan fingerprint density at radius 1 is 1.05 bits per heavy atom. The first-order valence-electron chi connectivity index (χ1n) is 7.69. The maximum atomic E-state index is 11.8. The van der Waals surface area contributed by atoms with Gasteiger partial charge in [0.25, 0.3) is 5.91 Å². The SMILES string of the molecule is CN(C)C(=O)c1ccc(COc2ccc3c(c2)CCC3)cc1. The summed E-state index contributed by atoms with van der Waals surface area (Å²) >= 11 is 0. The van der Waals surface area contributed by atoms with Gasteiger partial charge in [0.05, 0.1) is 0 Å². The van der Waals surface area contributed by atoms with Gasteiger partial charge < -0.3 is 9.64 Å². The summed E-state index contributed by atoms with van der Waals surface area (Å²) in [6.07, 6.45) is 3.60. The van der Waals surface area contributed by atoms with Gasteiger partial charge in [0.1, 0.15) is 12.4 Å². The fourth-order valence-corrected chi connectivity index (χ4v) is 2.81. The van der Waals surface area contributed by atoms with Gasteiger partial charge in [-0.1, -0.05) is 18.2 Å². The average molecular weight is 295 g/mol. The van der Waals surface area contributed by atoms with Crippen molar-refractivity contribution in [2.45, 2.75) is 25.9 Å². The Morgan fingerprint density at radius 2 is 1.77 bits per heavy atom. The van der Waals surface area contributed by atoms with Crippen molar-refractivity contribution in [3.8, 4) is 5.75 Å². The second-order valence-corrected chi connectivity index (χ2v) is 5.97. The summed E-state index contributed by atoms with van der Waals surface area (Å²) in [7, 11) is 3.51. The lowest BCUT2D eigenvalue weighted by molar-refractivity contribution is 0.0827. The van der Waals surface area contributed by atoms with Gasteiger partial charge >= 0.3 is 0 Å². The molecular formula is C19H21NO2. The van der Waals surface area contributed by atoms with Crippen LogP contribution in [-0.4, -0.2) is 24.9 Å². The van der Waals surface area contributed by atoms with Crippen LogP contribution in [0.15, 0.2) is 42.5 Å². The largest absolute Gasteiger partial charge is 0.489 e. The summed E-state index contributed by atoms with van der Waals surface area (Å²) in [4.78, 5) is 13.4. The number of ether oxygens (including phenoxy) is 1. The van der Waals surface area contributed by atoms with Gasteiger partial charge in [0.2, 0.25) is 0 Å². The molecule has 22 heavy (non-hydrogen) atoms. The molecule has 3 nitrogen and oxygen atoms in total. The van der Waals surface area contributed by atoms with Crippen LogP contribution in [-0.2, 0) is 19.4 Å². The minimum absolute atomic E-state index is 0.0195. The highest BCUT2D eigenvalue weighted by Crippen LogP contribution is 2.26. The summed E-state index contributed by atoms with van der Waals surface area (Å²) < 4.78 is 5.87. The number of rotatable bonds is 4. The second-order valence-electron chi connectivity index (χ2n) is 5.97. The molecule has 0 bridgehead atoms. The molecule has 0 N–H and O–H groups in total. The predicted molar refractivity (Wildman–Crippen MR) is 87.3 cm³/mol. The van der Waals surface area contributed by atoms with Gasteiger partial charge in [-0.3, -0.25) is 4.79 Å². The molecule has 0 unspecified atom stereocenters. The fraction of sp³-hybridized carbons (Fsp3) is 0.316. The van der Waals surface area contributed by atoms with Gasteiger partial charge in [-0.05, 0) is 60.2 Å². The van der Waals surface area contributed by atoms with Gasteiger partial charge in [0.15, 0.2) is 0 Å². The summed E-state index contributed by atoms with van der Waals surface area (Å²) in [6, 6.07) is 14.0. The number of benzene rings is 2. The van der Waals surface area contributed by atoms with Crippen molar-refractivity contribution >= 4 is 5.91 Å². The number of fused-ring (bicyclic) bond motifs is 1. The van der Waals surface area contributed by atoms with Crippen LogP contribution in [0.5, 0.6) is 5.75 Å². The maximum absolute atomic E-state index is 11.8. The number of hydrogen-bond acceptors (Lipinski definition) is 2. The Labute approximate surface area is 131 Å². The lowest BCUT2D eigenvalue weighted by atomic mass is 10.1. The van der Waals surface area contributed by atoms with Gasteiger partial charge in [-0.2, -0.15) is 0 Å². The van der Waals surface area contributed by atoms with Crippen LogP contribution < -0.4 is 4.74 Å². The molecule has 0 saturated heterocycles. The normalized spacial score (nSPS) is 12.8. The topological polar surface area (TPSA) is 29.5 Å². The van der Waals surface area contributed by atoms with E-state index in [0.717, 1.165) is 17.7 Å². The molecule has 1 aliphatic rings. The molecule has 2 aromatic carbocycles. The Bertz CT molecular complexity index is 674. The van der Waals surface area contributed by atoms with Gasteiger partial charge in [0, 0.05) is 19.7 Å². The van der Waals surface area contributed by atoms with Crippen LogP contribution in [0.2, 0.25) is 0 Å². The molecule has 0 aromatic heterocycles. The van der Waals surface area contributed by atoms with E-state index in [0.29, 0.717) is 12.2 Å². The van der Waals surface area contributed by atoms with E-state index >= 15 is 0 Å². The van der Waals surface area contributed by atoms with Crippen LogP contribution in [0.4, 0.5) is 0 Å². The highest BCUT2D eigenvalue weighted by molar-refractivity contribution is 5.93. The molecule has 3 heteroatoms. The molecule has 114 valence electrons. The monoisotopic (exact) mass is 295 g/mol. The third kappa shape index (κ3) is 3.14. The highest BCUT2D eigenvalue weighted by atomic mass is 16.5. The zero-order valence-corrected chi connectivity index (χ0v) is 13.1. The lowest BCUT2D eigenvalue weighted by Gasteiger charge is -2.11. The van der Waals surface area contributed by atoms with Gasteiger partial charge in [-0.25, -0.2) is 0 Å². The molecule has 0 heterocycles. The van der Waals surface area contributed by atoms with Crippen molar-refractivity contribution in [2.24, 2.45) is 0 Å². The Hall–Kier alpha value is -2.29. The van der Waals surface area contributed by atoms with E-state index in [9.17, 15) is 4.79 Å². The quantitative estimate of drug-likeness (QED) is 0.864. The predicted octanol–water partition coefficient (Wildman–Crippen LogP) is 3.46. The molecule has 0 radical (unpaired) electrons. The van der Waals surface area contributed by atoms with Crippen molar-refractivity contribution in [3.63, 3.8) is 0 Å². The molecule has 3 rings (SSSR count). The number of carbonyl (C=O) groups is 1. The van der Waals surface area contributed by atoms with E-state index in [1.807, 2.05) is 30.3 Å². The Balaban J connectivity index is 1.63. The van der Waals surface area contributed by atoms with E-state index in [1.165, 1.54) is 24.0 Å². The standard InChI is InChI=1S/C19H21NO2/c1-20(2)19(21)16-8-6-14(7-9-16)13-22-18-11-10-15-4-3-5-17(15)12-18/h6-12H,3-5,13H2,1-2H3. The lowest BCUT2D eigenvalue weighted by Crippen LogP contribution is -2.21. The summed E-state index contributed by atoms with van der Waals surface area (Å²) in [5.74, 6) is 0.945. The molecule has 1 aliphatic carbocycles. The van der Waals surface area contributed by atoms with Crippen LogP contribution in [0.25, 0.3) is 0 Å². The summed E-state index contributed by atoms with van der Waals surface area (Å²) in [5, 5.41) is 0. The van der Waals surface area contributed by atoms with E-state index in [1.54, 1.807) is 19.0 Å². The van der Waals surface area contributed by atoms with E-state index in [4.69, 9.17) is 4.74 Å². The zero-order chi connectivity index (χ0) is 15.5. The molecule has 2 aromatic rings. The molecule has 0 fully saturated rings. The molecular weight excluding hydrogens is 274 g/mol. The smallest absolute Gasteiger partial charge is 0.253 e. The van der Waals surface area contributed by atoms with Crippen LogP contribution in [0.1, 0.15) is 33.5 Å². The summed E-state index contributed by atoms with van der Waals surface area (Å²) in [5.41, 5.74) is 4.64. The minimum Gasteiger partial charge on any atom is -0.489 e. The number of hydrogen-bond donors (Lipinski definition) is 0. The third-order valence-corrected chi connectivity index (χ3v) is 4.08. The third-order valence-electron chi connectivity index (χ3n) is 4.08. The fourth-order valence-electron chi connectivity index (χ4n) is 2.81. The molecule has 0 spiro atoms. The number of carbonyl (C=O) groups excluding carboxylic acids is 1. The maximum Gasteiger partial charge on any atom is 0.253 e. The number of nitrogens with zero attached hydrogens (tertiary/aromatic N) is 1. The van der Waals surface area contributed by atoms with Crippen molar-refractivity contribution in [2.75, 3.05) is 14.1 Å². The Morgan fingerprint density at radius 3 is 2.50 bits per heavy atom. The minimum atomic E-state index is 0.0195. The van der Waals surface area contributed by atoms with Crippen molar-refractivity contribution < 1.29 is 9.53 Å². The van der Waals surface area contributed by atoms with Gasteiger partial charge in [-0.15, -0.1) is 0 Å². The summed E-state index contributed by atoms with van der Waals surface area (Å²) in [6.45, 7) is 0.523.